The average molecular weight is 379 g/mol. The first-order valence-corrected chi connectivity index (χ1v) is 7.87. The summed E-state index contributed by atoms with van der Waals surface area (Å²) < 4.78 is 2.56. The Morgan fingerprint density at radius 2 is 2.00 bits per heavy atom. The Balaban J connectivity index is 1.85. The van der Waals surface area contributed by atoms with Crippen molar-refractivity contribution in [1.82, 2.24) is 15.1 Å². The molecule has 0 fully saturated rings. The molecular formula is C16H13BrClN3O. The minimum atomic E-state index is -0.201. The predicted octanol–water partition coefficient (Wildman–Crippen LogP) is 3.92. The number of rotatable bonds is 3. The minimum absolute atomic E-state index is 0.201. The summed E-state index contributed by atoms with van der Waals surface area (Å²) in [5, 5.41) is 8.71. The number of aromatic nitrogens is 2. The highest BCUT2D eigenvalue weighted by Gasteiger charge is 2.17. The third-order valence-corrected chi connectivity index (χ3v) is 4.32. The number of benzene rings is 2. The molecular weight excluding hydrogens is 366 g/mol. The Kier molecular flexibility index (Phi) is 4.18. The highest BCUT2D eigenvalue weighted by molar-refractivity contribution is 9.10. The van der Waals surface area contributed by atoms with Crippen LogP contribution < -0.4 is 5.32 Å². The van der Waals surface area contributed by atoms with Gasteiger partial charge in [0.15, 0.2) is 5.69 Å². The fraction of sp³-hybridized carbons (Fsp3) is 0.125. The summed E-state index contributed by atoms with van der Waals surface area (Å²) in [6, 6.07) is 13.1. The van der Waals surface area contributed by atoms with Crippen molar-refractivity contribution in [2.45, 2.75) is 6.54 Å². The summed E-state index contributed by atoms with van der Waals surface area (Å²) in [6.07, 6.45) is 0. The number of halogens is 2. The molecule has 0 spiro atoms. The van der Waals surface area contributed by atoms with Crippen LogP contribution in [0.5, 0.6) is 0 Å². The van der Waals surface area contributed by atoms with E-state index < -0.39 is 0 Å². The third kappa shape index (κ3) is 2.87. The number of hydrogen-bond donors (Lipinski definition) is 1. The summed E-state index contributed by atoms with van der Waals surface area (Å²) in [7, 11) is 1.82. The molecule has 4 nitrogen and oxygen atoms in total. The van der Waals surface area contributed by atoms with Gasteiger partial charge in [-0.25, -0.2) is 0 Å². The molecule has 0 aliphatic rings. The molecule has 1 N–H and O–H groups in total. The Labute approximate surface area is 141 Å². The summed E-state index contributed by atoms with van der Waals surface area (Å²) in [4.78, 5) is 12.4. The molecule has 0 saturated heterocycles. The van der Waals surface area contributed by atoms with Crippen LogP contribution in [0, 0.1) is 0 Å². The van der Waals surface area contributed by atoms with E-state index in [1.807, 2.05) is 37.4 Å². The van der Waals surface area contributed by atoms with Crippen molar-refractivity contribution in [2.75, 3.05) is 0 Å². The van der Waals surface area contributed by atoms with E-state index in [4.69, 9.17) is 11.6 Å². The third-order valence-electron chi connectivity index (χ3n) is 3.41. The molecule has 3 rings (SSSR count). The first kappa shape index (κ1) is 15.1. The predicted molar refractivity (Wildman–Crippen MR) is 91.0 cm³/mol. The molecule has 2 aromatic carbocycles. The maximum absolute atomic E-state index is 12.4. The topological polar surface area (TPSA) is 46.9 Å². The number of aryl methyl sites for hydroxylation is 1. The lowest BCUT2D eigenvalue weighted by Crippen LogP contribution is -2.23. The largest absolute Gasteiger partial charge is 0.347 e. The number of nitrogens with one attached hydrogen (secondary N) is 1. The van der Waals surface area contributed by atoms with Gasteiger partial charge in [0.05, 0.1) is 5.52 Å². The van der Waals surface area contributed by atoms with Crippen LogP contribution in [0.15, 0.2) is 46.9 Å². The number of nitrogens with zero attached hydrogens (tertiary/aromatic N) is 2. The van der Waals surface area contributed by atoms with Gasteiger partial charge in [0, 0.05) is 28.5 Å². The van der Waals surface area contributed by atoms with Crippen molar-refractivity contribution in [1.29, 1.82) is 0 Å². The van der Waals surface area contributed by atoms with E-state index in [0.29, 0.717) is 17.3 Å². The van der Waals surface area contributed by atoms with E-state index in [0.717, 1.165) is 20.9 Å². The summed E-state index contributed by atoms with van der Waals surface area (Å²) in [5.41, 5.74) is 2.31. The van der Waals surface area contributed by atoms with Crippen molar-refractivity contribution in [3.05, 3.63) is 63.2 Å². The van der Waals surface area contributed by atoms with Crippen LogP contribution in [0.1, 0.15) is 16.1 Å². The van der Waals surface area contributed by atoms with E-state index in [9.17, 15) is 4.79 Å². The molecule has 1 heterocycles. The maximum atomic E-state index is 12.4. The zero-order valence-corrected chi connectivity index (χ0v) is 14.1. The molecule has 6 heteroatoms. The van der Waals surface area contributed by atoms with Gasteiger partial charge in [0.2, 0.25) is 0 Å². The van der Waals surface area contributed by atoms with Crippen LogP contribution in [0.25, 0.3) is 10.9 Å². The molecule has 22 heavy (non-hydrogen) atoms. The smallest absolute Gasteiger partial charge is 0.272 e. The Morgan fingerprint density at radius 3 is 2.73 bits per heavy atom. The first-order chi connectivity index (χ1) is 10.6. The van der Waals surface area contributed by atoms with Gasteiger partial charge in [-0.15, -0.1) is 0 Å². The van der Waals surface area contributed by atoms with Gasteiger partial charge >= 0.3 is 0 Å². The average Bonchev–Trinajstić information content (AvgIpc) is 2.85. The van der Waals surface area contributed by atoms with Gasteiger partial charge in [-0.3, -0.25) is 9.48 Å². The lowest BCUT2D eigenvalue weighted by Gasteiger charge is -2.04. The zero-order chi connectivity index (χ0) is 15.7. The lowest BCUT2D eigenvalue weighted by molar-refractivity contribution is 0.0946. The Hall–Kier alpha value is -1.85. The van der Waals surface area contributed by atoms with Crippen LogP contribution >= 0.6 is 27.5 Å². The molecule has 0 radical (unpaired) electrons. The fourth-order valence-electron chi connectivity index (χ4n) is 2.30. The highest BCUT2D eigenvalue weighted by Crippen LogP contribution is 2.26. The highest BCUT2D eigenvalue weighted by atomic mass is 79.9. The van der Waals surface area contributed by atoms with Gasteiger partial charge in [0.1, 0.15) is 0 Å². The van der Waals surface area contributed by atoms with E-state index in [-0.39, 0.29) is 5.91 Å². The van der Waals surface area contributed by atoms with Crippen LogP contribution in [0.2, 0.25) is 5.02 Å². The molecule has 0 aliphatic heterocycles. The first-order valence-electron chi connectivity index (χ1n) is 6.70. The molecule has 0 bridgehead atoms. The molecule has 3 aromatic rings. The Bertz CT molecular complexity index is 842. The van der Waals surface area contributed by atoms with Crippen molar-refractivity contribution >= 4 is 44.3 Å². The van der Waals surface area contributed by atoms with Gasteiger partial charge in [-0.05, 0) is 29.8 Å². The summed E-state index contributed by atoms with van der Waals surface area (Å²) >= 11 is 9.34. The summed E-state index contributed by atoms with van der Waals surface area (Å²) in [5.74, 6) is -0.201. The van der Waals surface area contributed by atoms with Crippen molar-refractivity contribution in [3.8, 4) is 0 Å². The van der Waals surface area contributed by atoms with E-state index >= 15 is 0 Å². The van der Waals surface area contributed by atoms with E-state index in [1.54, 1.807) is 16.8 Å². The molecule has 112 valence electrons. The van der Waals surface area contributed by atoms with Gasteiger partial charge in [-0.1, -0.05) is 45.7 Å². The van der Waals surface area contributed by atoms with Crippen molar-refractivity contribution in [2.24, 2.45) is 7.05 Å². The molecule has 0 atom stereocenters. The van der Waals surface area contributed by atoms with Crippen molar-refractivity contribution in [3.63, 3.8) is 0 Å². The second-order valence-corrected chi connectivity index (χ2v) is 6.21. The van der Waals surface area contributed by atoms with Gasteiger partial charge < -0.3 is 5.32 Å². The fourth-order valence-corrected chi connectivity index (χ4v) is 2.97. The van der Waals surface area contributed by atoms with Crippen LogP contribution in [-0.2, 0) is 13.6 Å². The van der Waals surface area contributed by atoms with Crippen molar-refractivity contribution < 1.29 is 4.79 Å². The molecule has 0 unspecified atom stereocenters. The van der Waals surface area contributed by atoms with E-state index in [1.165, 1.54) is 0 Å². The number of fused-ring (bicyclic) bond motifs is 1. The van der Waals surface area contributed by atoms with Crippen LogP contribution in [0.4, 0.5) is 0 Å². The van der Waals surface area contributed by atoms with Crippen LogP contribution in [0.3, 0.4) is 0 Å². The standard InChI is InChI=1S/C16H13BrClN3O/c1-21-13-4-2-3-12(17)14(13)15(20-21)16(22)19-9-10-5-7-11(18)8-6-10/h2-8H,9H2,1H3,(H,19,22). The monoisotopic (exact) mass is 377 g/mol. The lowest BCUT2D eigenvalue weighted by atomic mass is 10.2. The van der Waals surface area contributed by atoms with Gasteiger partial charge in [-0.2, -0.15) is 5.10 Å². The SMILES string of the molecule is Cn1nc(C(=O)NCc2ccc(Cl)cc2)c2c(Br)cccc21. The number of amides is 1. The molecule has 0 aliphatic carbocycles. The normalized spacial score (nSPS) is 10.9. The Morgan fingerprint density at radius 1 is 1.27 bits per heavy atom. The number of carbonyl (C=O) groups excluding carboxylic acids is 1. The number of carbonyl (C=O) groups is 1. The van der Waals surface area contributed by atoms with Gasteiger partial charge in [0.25, 0.3) is 5.91 Å². The molecule has 1 amide bonds. The minimum Gasteiger partial charge on any atom is -0.347 e. The number of hydrogen-bond acceptors (Lipinski definition) is 2. The maximum Gasteiger partial charge on any atom is 0.272 e. The van der Waals surface area contributed by atoms with E-state index in [2.05, 4.69) is 26.3 Å². The second-order valence-electron chi connectivity index (χ2n) is 4.92. The zero-order valence-electron chi connectivity index (χ0n) is 11.8. The molecule has 1 aromatic heterocycles. The second kappa shape index (κ2) is 6.10. The quantitative estimate of drug-likeness (QED) is 0.751. The summed E-state index contributed by atoms with van der Waals surface area (Å²) in [6.45, 7) is 0.429. The van der Waals surface area contributed by atoms with Crippen LogP contribution in [-0.4, -0.2) is 15.7 Å². The molecule has 0 saturated carbocycles.